The quantitative estimate of drug-likeness (QED) is 0.615. The van der Waals surface area contributed by atoms with Gasteiger partial charge in [-0.05, 0) is 5.56 Å². The van der Waals surface area contributed by atoms with E-state index in [1.165, 1.54) is 6.07 Å². The number of hydrogen-bond acceptors (Lipinski definition) is 3. The third-order valence-electron chi connectivity index (χ3n) is 2.10. The minimum absolute atomic E-state index is 0.00905. The van der Waals surface area contributed by atoms with Gasteiger partial charge in [-0.1, -0.05) is 15.9 Å². The molecule has 0 aliphatic rings. The lowest BCUT2D eigenvalue weighted by molar-refractivity contribution is -0.276. The predicted molar refractivity (Wildman–Crippen MR) is 57.8 cm³/mol. The second kappa shape index (κ2) is 6.14. The van der Waals surface area contributed by atoms with E-state index in [-0.39, 0.29) is 10.9 Å². The normalized spacial score (nSPS) is 11.5. The Kier molecular flexibility index (Phi) is 5.05. The maximum absolute atomic E-state index is 12.9. The van der Waals surface area contributed by atoms with Crippen molar-refractivity contribution in [2.45, 2.75) is 24.5 Å². The van der Waals surface area contributed by atoms with Crippen LogP contribution in [-0.2, 0) is 11.8 Å². The van der Waals surface area contributed by atoms with E-state index in [1.807, 2.05) is 0 Å². The lowest BCUT2D eigenvalue weighted by atomic mass is 10.0. The van der Waals surface area contributed by atoms with Crippen LogP contribution in [0.1, 0.15) is 23.1 Å². The maximum atomic E-state index is 12.9. The fourth-order valence-corrected chi connectivity index (χ4v) is 1.87. The van der Waals surface area contributed by atoms with E-state index in [4.69, 9.17) is 5.26 Å². The molecule has 104 valence electrons. The summed E-state index contributed by atoms with van der Waals surface area (Å²) in [6.45, 7) is 0. The second-order valence-electron chi connectivity index (χ2n) is 3.30. The van der Waals surface area contributed by atoms with E-state index in [0.29, 0.717) is 0 Å². The lowest BCUT2D eigenvalue weighted by Gasteiger charge is -2.16. The topological polar surface area (TPSA) is 45.9 Å². The van der Waals surface area contributed by atoms with E-state index in [1.54, 1.807) is 0 Å². The van der Waals surface area contributed by atoms with Gasteiger partial charge < -0.3 is 4.74 Å². The molecule has 1 rings (SSSR count). The summed E-state index contributed by atoms with van der Waals surface area (Å²) in [6.07, 6.45) is -7.89. The molecule has 0 atom stereocenters. The van der Waals surface area contributed by atoms with Gasteiger partial charge in [0.05, 0.1) is 12.5 Å². The van der Waals surface area contributed by atoms with Gasteiger partial charge in [0.25, 0.3) is 6.43 Å². The summed E-state index contributed by atoms with van der Waals surface area (Å²) < 4.78 is 65.8. The van der Waals surface area contributed by atoms with Gasteiger partial charge in [-0.15, -0.1) is 13.2 Å². The van der Waals surface area contributed by atoms with Crippen LogP contribution in [0.15, 0.2) is 6.20 Å². The minimum Gasteiger partial charge on any atom is -0.388 e. The number of nitriles is 1. The van der Waals surface area contributed by atoms with Crippen LogP contribution in [-0.4, -0.2) is 11.3 Å². The molecule has 0 spiro atoms. The van der Waals surface area contributed by atoms with Crippen LogP contribution in [0.5, 0.6) is 5.88 Å². The molecule has 0 amide bonds. The largest absolute Gasteiger partial charge is 0.574 e. The Morgan fingerprint density at radius 2 is 2.05 bits per heavy atom. The predicted octanol–water partition coefficient (Wildman–Crippen LogP) is 3.88. The summed E-state index contributed by atoms with van der Waals surface area (Å²) >= 11 is 2.93. The van der Waals surface area contributed by atoms with Gasteiger partial charge in [0.1, 0.15) is 0 Å². The smallest absolute Gasteiger partial charge is 0.388 e. The van der Waals surface area contributed by atoms with Crippen molar-refractivity contribution in [3.63, 3.8) is 0 Å². The zero-order valence-electron chi connectivity index (χ0n) is 9.14. The first-order valence-electron chi connectivity index (χ1n) is 4.77. The molecule has 0 unspecified atom stereocenters. The molecule has 0 N–H and O–H groups in total. The van der Waals surface area contributed by atoms with Crippen LogP contribution in [0.3, 0.4) is 0 Å². The molecule has 0 saturated carbocycles. The van der Waals surface area contributed by atoms with Crippen molar-refractivity contribution in [3.8, 4) is 11.9 Å². The molecular formula is C10H6BrF5N2O. The third-order valence-corrected chi connectivity index (χ3v) is 2.70. The molecule has 0 radical (unpaired) electrons. The molecule has 0 aliphatic heterocycles. The van der Waals surface area contributed by atoms with Gasteiger partial charge in [0.15, 0.2) is 0 Å². The Balaban J connectivity index is 3.40. The Hall–Kier alpha value is -1.43. The lowest BCUT2D eigenvalue weighted by Crippen LogP contribution is -2.20. The van der Waals surface area contributed by atoms with Gasteiger partial charge >= 0.3 is 6.36 Å². The second-order valence-corrected chi connectivity index (χ2v) is 3.86. The van der Waals surface area contributed by atoms with Crippen molar-refractivity contribution in [1.82, 2.24) is 4.98 Å². The Morgan fingerprint density at radius 1 is 1.42 bits per heavy atom. The van der Waals surface area contributed by atoms with Crippen LogP contribution in [0.2, 0.25) is 0 Å². The Labute approximate surface area is 113 Å². The van der Waals surface area contributed by atoms with Gasteiger partial charge in [-0.3, -0.25) is 0 Å². The van der Waals surface area contributed by atoms with Crippen molar-refractivity contribution < 1.29 is 26.7 Å². The summed E-state index contributed by atoms with van der Waals surface area (Å²) in [6, 6.07) is 1.52. The number of alkyl halides is 6. The van der Waals surface area contributed by atoms with E-state index in [2.05, 4.69) is 25.7 Å². The first kappa shape index (κ1) is 15.6. The molecule has 0 saturated heterocycles. The minimum atomic E-state index is -5.06. The van der Waals surface area contributed by atoms with Crippen molar-refractivity contribution in [3.05, 3.63) is 22.9 Å². The van der Waals surface area contributed by atoms with Crippen LogP contribution in [0.4, 0.5) is 22.0 Å². The van der Waals surface area contributed by atoms with Crippen LogP contribution >= 0.6 is 15.9 Å². The highest BCUT2D eigenvalue weighted by molar-refractivity contribution is 9.08. The standard InChI is InChI=1S/C10H6BrF5N2O/c11-3-5-4-18-9(19-10(14,15)16)6(1-2-17)7(5)8(12)13/h4,8H,1,3H2. The zero-order valence-corrected chi connectivity index (χ0v) is 10.7. The highest BCUT2D eigenvalue weighted by Crippen LogP contribution is 2.34. The molecule has 0 bridgehead atoms. The average molecular weight is 345 g/mol. The SMILES string of the molecule is N#CCc1c(OC(F)(F)F)ncc(CBr)c1C(F)F. The molecule has 19 heavy (non-hydrogen) atoms. The highest BCUT2D eigenvalue weighted by atomic mass is 79.9. The van der Waals surface area contributed by atoms with Crippen LogP contribution < -0.4 is 4.74 Å². The van der Waals surface area contributed by atoms with Crippen LogP contribution in [0.25, 0.3) is 0 Å². The number of halogens is 6. The van der Waals surface area contributed by atoms with Crippen molar-refractivity contribution in [2.24, 2.45) is 0 Å². The molecule has 1 heterocycles. The number of ether oxygens (including phenoxy) is 1. The third kappa shape index (κ3) is 4.02. The van der Waals surface area contributed by atoms with Gasteiger partial charge in [0.2, 0.25) is 5.88 Å². The van der Waals surface area contributed by atoms with Crippen LogP contribution in [0, 0.1) is 11.3 Å². The number of pyridine rings is 1. The average Bonchev–Trinajstić information content (AvgIpc) is 2.28. The summed E-state index contributed by atoms with van der Waals surface area (Å²) in [5.74, 6) is -1.02. The van der Waals surface area contributed by atoms with Gasteiger partial charge in [-0.2, -0.15) is 5.26 Å². The van der Waals surface area contributed by atoms with Crippen molar-refractivity contribution in [1.29, 1.82) is 5.26 Å². The number of rotatable bonds is 4. The molecule has 0 fully saturated rings. The molecule has 1 aromatic rings. The van der Waals surface area contributed by atoms with E-state index in [9.17, 15) is 22.0 Å². The Morgan fingerprint density at radius 3 is 2.47 bits per heavy atom. The maximum Gasteiger partial charge on any atom is 0.574 e. The van der Waals surface area contributed by atoms with E-state index >= 15 is 0 Å². The number of nitrogens with zero attached hydrogens (tertiary/aromatic N) is 2. The summed E-state index contributed by atoms with van der Waals surface area (Å²) in [4.78, 5) is 3.34. The first-order valence-corrected chi connectivity index (χ1v) is 5.89. The summed E-state index contributed by atoms with van der Waals surface area (Å²) in [7, 11) is 0. The number of hydrogen-bond donors (Lipinski definition) is 0. The fraction of sp³-hybridized carbons (Fsp3) is 0.400. The van der Waals surface area contributed by atoms with E-state index < -0.39 is 36.2 Å². The molecular weight excluding hydrogens is 339 g/mol. The molecule has 9 heteroatoms. The monoisotopic (exact) mass is 344 g/mol. The molecule has 1 aromatic heterocycles. The molecule has 0 aromatic carbocycles. The summed E-state index contributed by atoms with van der Waals surface area (Å²) in [5.41, 5.74) is -1.20. The summed E-state index contributed by atoms with van der Waals surface area (Å²) in [5, 5.41) is 8.52. The highest BCUT2D eigenvalue weighted by Gasteiger charge is 2.34. The zero-order chi connectivity index (χ0) is 14.6. The van der Waals surface area contributed by atoms with Gasteiger partial charge in [0, 0.05) is 22.7 Å². The fourth-order valence-electron chi connectivity index (χ4n) is 1.42. The number of aromatic nitrogens is 1. The van der Waals surface area contributed by atoms with Crippen molar-refractivity contribution >= 4 is 15.9 Å². The first-order chi connectivity index (χ1) is 8.80. The molecule has 0 aliphatic carbocycles. The van der Waals surface area contributed by atoms with E-state index in [0.717, 1.165) is 6.20 Å². The Bertz CT molecular complexity index is 498. The van der Waals surface area contributed by atoms with Gasteiger partial charge in [-0.25, -0.2) is 13.8 Å². The van der Waals surface area contributed by atoms with Crippen molar-refractivity contribution in [2.75, 3.05) is 0 Å². The molecule has 3 nitrogen and oxygen atoms in total.